The number of likely N-dealkylation sites (tertiary alicyclic amines) is 1. The summed E-state index contributed by atoms with van der Waals surface area (Å²) in [4.78, 5) is 42.2. The Morgan fingerprint density at radius 1 is 1.25 bits per heavy atom. The van der Waals surface area contributed by atoms with Crippen molar-refractivity contribution in [3.8, 4) is 0 Å². The summed E-state index contributed by atoms with van der Waals surface area (Å²) in [5, 5.41) is 52.4. The standard InChI is InChI=1S/C21H32N6O8S/c1-21-4-10(19(33)25-6-14-26-9(8-36-14)18(22)23)27(13(21)5-21)15(30)3-2-11(28)16(31)17(32)12(29)7-35-20(24)34/h8,10-13,16-17,28-29,31-32H,2-7H2,1H3,(H3,22,23)(H2,24,34)(H,25,33)/t10-,11?,12?,13-,16?,17?,21+/m0/s1. The van der Waals surface area contributed by atoms with Crippen molar-refractivity contribution >= 4 is 35.1 Å². The molecule has 200 valence electrons. The van der Waals surface area contributed by atoms with E-state index in [0.29, 0.717) is 17.1 Å². The number of nitrogen functional groups attached to an aromatic ring is 1. The molecule has 3 amide bonds. The van der Waals surface area contributed by atoms with Gasteiger partial charge in [0.2, 0.25) is 11.8 Å². The minimum Gasteiger partial charge on any atom is -0.447 e. The molecule has 0 spiro atoms. The van der Waals surface area contributed by atoms with Gasteiger partial charge in [-0.05, 0) is 24.7 Å². The largest absolute Gasteiger partial charge is 0.447 e. The monoisotopic (exact) mass is 528 g/mol. The second-order valence-electron chi connectivity index (χ2n) is 9.44. The molecule has 0 aromatic carbocycles. The van der Waals surface area contributed by atoms with Crippen LogP contribution in [0.15, 0.2) is 5.38 Å². The second-order valence-corrected chi connectivity index (χ2v) is 10.4. The Bertz CT molecular complexity index is 1010. The maximum Gasteiger partial charge on any atom is 0.404 e. The van der Waals surface area contributed by atoms with E-state index >= 15 is 0 Å². The van der Waals surface area contributed by atoms with Gasteiger partial charge in [0.15, 0.2) is 0 Å². The lowest BCUT2D eigenvalue weighted by Gasteiger charge is -2.29. The quantitative estimate of drug-likeness (QED) is 0.107. The fourth-order valence-electron chi connectivity index (χ4n) is 4.45. The summed E-state index contributed by atoms with van der Waals surface area (Å²) in [5.41, 5.74) is 10.4. The third-order valence-corrected chi connectivity index (χ3v) is 7.50. The van der Waals surface area contributed by atoms with Crippen molar-refractivity contribution in [2.75, 3.05) is 6.61 Å². The van der Waals surface area contributed by atoms with Crippen molar-refractivity contribution in [2.45, 2.75) is 75.7 Å². The summed E-state index contributed by atoms with van der Waals surface area (Å²) < 4.78 is 4.36. The molecular formula is C21H32N6O8S. The number of hydrogen-bond donors (Lipinski definition) is 8. The van der Waals surface area contributed by atoms with E-state index in [1.807, 2.05) is 6.92 Å². The number of primary amides is 1. The molecule has 1 saturated heterocycles. The van der Waals surface area contributed by atoms with E-state index in [1.165, 1.54) is 16.2 Å². The minimum atomic E-state index is -1.85. The summed E-state index contributed by atoms with van der Waals surface area (Å²) in [6.07, 6.45) is -7.29. The first-order valence-corrected chi connectivity index (χ1v) is 12.2. The van der Waals surface area contributed by atoms with Crippen LogP contribution in [-0.2, 0) is 20.9 Å². The topological polar surface area (TPSA) is 245 Å². The number of piperidine rings is 1. The number of nitrogens with two attached hydrogens (primary N) is 2. The molecule has 2 fully saturated rings. The Morgan fingerprint density at radius 3 is 2.53 bits per heavy atom. The van der Waals surface area contributed by atoms with Crippen molar-refractivity contribution in [3.05, 3.63) is 16.1 Å². The average molecular weight is 529 g/mol. The number of amides is 3. The molecule has 36 heavy (non-hydrogen) atoms. The van der Waals surface area contributed by atoms with E-state index in [9.17, 15) is 34.8 Å². The van der Waals surface area contributed by atoms with Crippen LogP contribution in [0.1, 0.15) is 43.3 Å². The number of aromatic nitrogens is 1. The number of nitrogens with zero attached hydrogens (tertiary/aromatic N) is 2. The summed E-state index contributed by atoms with van der Waals surface area (Å²) in [7, 11) is 0. The van der Waals surface area contributed by atoms with Crippen LogP contribution < -0.4 is 16.8 Å². The van der Waals surface area contributed by atoms with Crippen LogP contribution in [0.3, 0.4) is 0 Å². The van der Waals surface area contributed by atoms with Crippen LogP contribution in [0.5, 0.6) is 0 Å². The number of thiazole rings is 1. The molecule has 1 aliphatic heterocycles. The van der Waals surface area contributed by atoms with Crippen LogP contribution in [-0.4, -0.2) is 97.2 Å². The third kappa shape index (κ3) is 6.28. The maximum absolute atomic E-state index is 13.0. The molecule has 14 nitrogen and oxygen atoms in total. The summed E-state index contributed by atoms with van der Waals surface area (Å²) in [6.45, 7) is 1.44. The van der Waals surface area contributed by atoms with E-state index in [-0.39, 0.29) is 48.5 Å². The highest BCUT2D eigenvalue weighted by Gasteiger charge is 2.64. The van der Waals surface area contributed by atoms with Gasteiger partial charge in [0.05, 0.1) is 12.6 Å². The summed E-state index contributed by atoms with van der Waals surface area (Å²) >= 11 is 1.25. The number of aliphatic hydroxyl groups is 4. The van der Waals surface area contributed by atoms with Crippen LogP contribution in [0, 0.1) is 10.8 Å². The Kier molecular flexibility index (Phi) is 8.51. The Balaban J connectivity index is 1.53. The molecule has 7 atom stereocenters. The van der Waals surface area contributed by atoms with Gasteiger partial charge < -0.3 is 46.8 Å². The molecule has 1 aliphatic carbocycles. The van der Waals surface area contributed by atoms with Crippen LogP contribution in [0.2, 0.25) is 0 Å². The normalized spacial score (nSPS) is 25.9. The highest BCUT2D eigenvalue weighted by molar-refractivity contribution is 7.09. The van der Waals surface area contributed by atoms with Crippen LogP contribution in [0.4, 0.5) is 4.79 Å². The number of carbonyl (C=O) groups excluding carboxylic acids is 3. The zero-order valence-electron chi connectivity index (χ0n) is 19.7. The number of carbonyl (C=O) groups is 3. The molecule has 1 aromatic heterocycles. The zero-order valence-corrected chi connectivity index (χ0v) is 20.5. The van der Waals surface area contributed by atoms with Crippen molar-refractivity contribution in [2.24, 2.45) is 16.9 Å². The first-order valence-electron chi connectivity index (χ1n) is 11.4. The third-order valence-electron chi connectivity index (χ3n) is 6.66. The van der Waals surface area contributed by atoms with E-state index < -0.39 is 43.2 Å². The van der Waals surface area contributed by atoms with Crippen LogP contribution in [0.25, 0.3) is 0 Å². The van der Waals surface area contributed by atoms with Crippen molar-refractivity contribution in [1.82, 2.24) is 15.2 Å². The minimum absolute atomic E-state index is 0.106. The van der Waals surface area contributed by atoms with Gasteiger partial charge in [0.1, 0.15) is 47.5 Å². The lowest BCUT2D eigenvalue weighted by atomic mass is 9.99. The molecule has 4 unspecified atom stereocenters. The SMILES string of the molecule is C[C@@]12C[C@@H]1N(C(=O)CCC(O)C(O)C(O)C(O)COC(N)=O)[C@H](C(=O)NCc1nc(C(=N)N)cs1)C2. The van der Waals surface area contributed by atoms with Crippen molar-refractivity contribution in [1.29, 1.82) is 5.41 Å². The summed E-state index contributed by atoms with van der Waals surface area (Å²) in [5.74, 6) is -0.893. The zero-order chi connectivity index (χ0) is 26.8. The predicted octanol–water partition coefficient (Wildman–Crippen LogP) is -2.26. The van der Waals surface area contributed by atoms with Gasteiger partial charge >= 0.3 is 6.09 Å². The Hall–Kier alpha value is -2.85. The summed E-state index contributed by atoms with van der Waals surface area (Å²) in [6, 6.07) is -0.806. The lowest BCUT2D eigenvalue weighted by Crippen LogP contribution is -2.49. The number of fused-ring (bicyclic) bond motifs is 1. The molecule has 0 radical (unpaired) electrons. The van der Waals surface area contributed by atoms with E-state index in [2.05, 4.69) is 15.0 Å². The first kappa shape index (κ1) is 27.7. The van der Waals surface area contributed by atoms with Gasteiger partial charge in [-0.1, -0.05) is 6.92 Å². The number of aliphatic hydroxyl groups excluding tert-OH is 4. The smallest absolute Gasteiger partial charge is 0.404 e. The van der Waals surface area contributed by atoms with Gasteiger partial charge in [-0.25, -0.2) is 9.78 Å². The number of hydrogen-bond acceptors (Lipinski definition) is 11. The molecule has 2 heterocycles. The molecule has 1 aromatic rings. The molecular weight excluding hydrogens is 496 g/mol. The highest BCUT2D eigenvalue weighted by atomic mass is 32.1. The first-order chi connectivity index (χ1) is 16.8. The van der Waals surface area contributed by atoms with Crippen molar-refractivity contribution < 1.29 is 39.5 Å². The second kappa shape index (κ2) is 11.0. The van der Waals surface area contributed by atoms with Crippen molar-refractivity contribution in [3.63, 3.8) is 0 Å². The molecule has 0 bridgehead atoms. The number of nitrogens with one attached hydrogen (secondary N) is 2. The number of ether oxygens (including phenoxy) is 1. The highest BCUT2D eigenvalue weighted by Crippen LogP contribution is 2.59. The number of rotatable bonds is 12. The molecule has 15 heteroatoms. The van der Waals surface area contributed by atoms with E-state index in [4.69, 9.17) is 16.9 Å². The fraction of sp³-hybridized carbons (Fsp3) is 0.667. The Morgan fingerprint density at radius 2 is 1.92 bits per heavy atom. The van der Waals surface area contributed by atoms with Gasteiger partial charge in [-0.15, -0.1) is 11.3 Å². The predicted molar refractivity (Wildman–Crippen MR) is 126 cm³/mol. The molecule has 2 aliphatic rings. The molecule has 10 N–H and O–H groups in total. The lowest BCUT2D eigenvalue weighted by molar-refractivity contribution is -0.141. The van der Waals surface area contributed by atoms with E-state index in [1.54, 1.807) is 5.38 Å². The number of amidine groups is 1. The Labute approximate surface area is 210 Å². The van der Waals surface area contributed by atoms with Crippen LogP contribution >= 0.6 is 11.3 Å². The van der Waals surface area contributed by atoms with Gasteiger partial charge in [-0.2, -0.15) is 0 Å². The van der Waals surface area contributed by atoms with Gasteiger partial charge in [0.25, 0.3) is 0 Å². The maximum atomic E-state index is 13.0. The molecule has 1 saturated carbocycles. The van der Waals surface area contributed by atoms with Gasteiger partial charge in [0, 0.05) is 17.8 Å². The fourth-order valence-corrected chi connectivity index (χ4v) is 5.18. The van der Waals surface area contributed by atoms with Gasteiger partial charge in [-0.3, -0.25) is 15.0 Å². The van der Waals surface area contributed by atoms with E-state index in [0.717, 1.165) is 6.42 Å². The average Bonchev–Trinajstić information content (AvgIpc) is 3.15. The molecule has 3 rings (SSSR count).